The van der Waals surface area contributed by atoms with E-state index < -0.39 is 10.0 Å². The molecule has 0 bridgehead atoms. The number of aryl methyl sites for hydroxylation is 1. The lowest BCUT2D eigenvalue weighted by atomic mass is 10.0. The lowest BCUT2D eigenvalue weighted by Gasteiger charge is -2.30. The van der Waals surface area contributed by atoms with Crippen molar-refractivity contribution in [1.29, 1.82) is 0 Å². The van der Waals surface area contributed by atoms with E-state index in [1.54, 1.807) is 12.1 Å². The molecule has 1 unspecified atom stereocenters. The minimum absolute atomic E-state index is 0.0954. The number of sulfonamides is 1. The van der Waals surface area contributed by atoms with Crippen molar-refractivity contribution in [3.8, 4) is 11.5 Å². The van der Waals surface area contributed by atoms with Crippen LogP contribution in [0.1, 0.15) is 22.3 Å². The van der Waals surface area contributed by atoms with Crippen molar-refractivity contribution in [3.05, 3.63) is 83.9 Å². The molecule has 2 aliphatic heterocycles. The molecule has 0 fully saturated rings. The fraction of sp³-hybridized carbons (Fsp3) is 0.240. The number of ether oxygens (including phenoxy) is 2. The van der Waals surface area contributed by atoms with Gasteiger partial charge in [0.15, 0.2) is 11.5 Å². The van der Waals surface area contributed by atoms with Crippen LogP contribution < -0.4 is 19.1 Å². The molecule has 2 heterocycles. The number of carbonyl (C=O) groups excluding carboxylic acids is 1. The third-order valence-electron chi connectivity index (χ3n) is 5.81. The van der Waals surface area contributed by atoms with Gasteiger partial charge in [-0.25, -0.2) is 8.42 Å². The van der Waals surface area contributed by atoms with E-state index in [9.17, 15) is 13.2 Å². The summed E-state index contributed by atoms with van der Waals surface area (Å²) in [6, 6.07) is 21.1. The van der Waals surface area contributed by atoms with Gasteiger partial charge in [0.2, 0.25) is 0 Å². The molecule has 8 heteroatoms. The number of benzene rings is 3. The van der Waals surface area contributed by atoms with Gasteiger partial charge in [-0.2, -0.15) is 0 Å². The summed E-state index contributed by atoms with van der Waals surface area (Å²) in [5, 5.41) is 2.82. The summed E-state index contributed by atoms with van der Waals surface area (Å²) in [7, 11) is -3.79. The van der Waals surface area contributed by atoms with E-state index in [0.717, 1.165) is 18.4 Å². The molecule has 3 aromatic carbocycles. The molecular weight excluding hydrogens is 440 g/mol. The first-order chi connectivity index (χ1) is 16.0. The Morgan fingerprint density at radius 2 is 1.79 bits per heavy atom. The molecule has 1 amide bonds. The van der Waals surface area contributed by atoms with Crippen molar-refractivity contribution < 1.29 is 22.7 Å². The predicted octanol–water partition coefficient (Wildman–Crippen LogP) is 3.40. The zero-order chi connectivity index (χ0) is 22.8. The number of carbonyl (C=O) groups is 1. The third-order valence-corrected chi connectivity index (χ3v) is 7.62. The smallest absolute Gasteiger partial charge is 0.264 e. The van der Waals surface area contributed by atoms with E-state index in [4.69, 9.17) is 9.47 Å². The van der Waals surface area contributed by atoms with Crippen molar-refractivity contribution in [3.63, 3.8) is 0 Å². The van der Waals surface area contributed by atoms with Crippen molar-refractivity contribution in [2.24, 2.45) is 0 Å². The Labute approximate surface area is 193 Å². The SMILES string of the molecule is O=C(NCC1COc2ccccc2O1)c1cccc(S(=O)(=O)N2CCCc3ccccc32)c1. The maximum atomic E-state index is 13.4. The average Bonchev–Trinajstić information content (AvgIpc) is 2.86. The van der Waals surface area contributed by atoms with E-state index in [1.165, 1.54) is 16.4 Å². The fourth-order valence-electron chi connectivity index (χ4n) is 4.15. The predicted molar refractivity (Wildman–Crippen MR) is 124 cm³/mol. The summed E-state index contributed by atoms with van der Waals surface area (Å²) in [6.45, 7) is 0.972. The Bertz CT molecular complexity index is 1290. The summed E-state index contributed by atoms with van der Waals surface area (Å²) in [5.41, 5.74) is 1.99. The van der Waals surface area contributed by atoms with Crippen LogP contribution in [0.3, 0.4) is 0 Å². The minimum Gasteiger partial charge on any atom is -0.486 e. The number of hydrogen-bond donors (Lipinski definition) is 1. The number of para-hydroxylation sites is 3. The second-order valence-corrected chi connectivity index (χ2v) is 9.91. The van der Waals surface area contributed by atoms with Crippen LogP contribution in [0.4, 0.5) is 5.69 Å². The first kappa shape index (κ1) is 21.3. The maximum Gasteiger partial charge on any atom is 0.264 e. The number of rotatable bonds is 5. The number of nitrogens with zero attached hydrogens (tertiary/aromatic N) is 1. The van der Waals surface area contributed by atoms with E-state index in [1.807, 2.05) is 48.5 Å². The molecule has 0 aliphatic carbocycles. The van der Waals surface area contributed by atoms with Gasteiger partial charge < -0.3 is 14.8 Å². The molecule has 0 aromatic heterocycles. The van der Waals surface area contributed by atoms with Gasteiger partial charge in [-0.05, 0) is 54.8 Å². The van der Waals surface area contributed by atoms with Crippen LogP contribution in [0.15, 0.2) is 77.7 Å². The van der Waals surface area contributed by atoms with Gasteiger partial charge in [-0.1, -0.05) is 36.4 Å². The van der Waals surface area contributed by atoms with Gasteiger partial charge in [0.05, 0.1) is 17.1 Å². The summed E-state index contributed by atoms with van der Waals surface area (Å²) in [4.78, 5) is 12.9. The molecule has 5 rings (SSSR count). The van der Waals surface area contributed by atoms with Crippen LogP contribution >= 0.6 is 0 Å². The first-order valence-corrected chi connectivity index (χ1v) is 12.3. The number of fused-ring (bicyclic) bond motifs is 2. The minimum atomic E-state index is -3.79. The van der Waals surface area contributed by atoms with Crippen LogP contribution in [0, 0.1) is 0 Å². The average molecular weight is 465 g/mol. The van der Waals surface area contributed by atoms with Gasteiger partial charge in [0.25, 0.3) is 15.9 Å². The standard InChI is InChI=1S/C25H24N2O5S/c28-25(26-16-20-17-31-23-12-3-4-13-24(23)32-20)19-8-5-10-21(15-19)33(29,30)27-14-6-9-18-7-1-2-11-22(18)27/h1-5,7-8,10-13,15,20H,6,9,14,16-17H2,(H,26,28). The van der Waals surface area contributed by atoms with Gasteiger partial charge in [-0.3, -0.25) is 9.10 Å². The van der Waals surface area contributed by atoms with Gasteiger partial charge in [0.1, 0.15) is 12.7 Å². The molecule has 170 valence electrons. The largest absolute Gasteiger partial charge is 0.486 e. The summed E-state index contributed by atoms with van der Waals surface area (Å²) in [5.74, 6) is 0.948. The van der Waals surface area contributed by atoms with E-state index in [0.29, 0.717) is 30.3 Å². The fourth-order valence-corrected chi connectivity index (χ4v) is 5.73. The molecule has 0 saturated carbocycles. The molecular formula is C25H24N2O5S. The first-order valence-electron chi connectivity index (χ1n) is 10.9. The Kier molecular flexibility index (Phi) is 5.68. The highest BCUT2D eigenvalue weighted by Gasteiger charge is 2.29. The van der Waals surface area contributed by atoms with Crippen LogP contribution in [0.5, 0.6) is 11.5 Å². The molecule has 7 nitrogen and oxygen atoms in total. The van der Waals surface area contributed by atoms with E-state index >= 15 is 0 Å². The Morgan fingerprint density at radius 3 is 2.67 bits per heavy atom. The van der Waals surface area contributed by atoms with E-state index in [-0.39, 0.29) is 29.0 Å². The molecule has 0 radical (unpaired) electrons. The van der Waals surface area contributed by atoms with Crippen LogP contribution in [0.25, 0.3) is 0 Å². The highest BCUT2D eigenvalue weighted by atomic mass is 32.2. The molecule has 3 aromatic rings. The summed E-state index contributed by atoms with van der Waals surface area (Å²) >= 11 is 0. The monoisotopic (exact) mass is 464 g/mol. The second-order valence-electron chi connectivity index (χ2n) is 8.04. The maximum absolute atomic E-state index is 13.4. The lowest BCUT2D eigenvalue weighted by Crippen LogP contribution is -2.40. The third kappa shape index (κ3) is 4.26. The summed E-state index contributed by atoms with van der Waals surface area (Å²) < 4.78 is 39.8. The number of hydrogen-bond acceptors (Lipinski definition) is 5. The van der Waals surface area contributed by atoms with Crippen molar-refractivity contribution in [1.82, 2.24) is 5.32 Å². The number of nitrogens with one attached hydrogen (secondary N) is 1. The van der Waals surface area contributed by atoms with Gasteiger partial charge in [0, 0.05) is 12.1 Å². The van der Waals surface area contributed by atoms with Crippen molar-refractivity contribution >= 4 is 21.6 Å². The second kappa shape index (κ2) is 8.78. The normalized spacial score (nSPS) is 17.2. The molecule has 1 atom stereocenters. The quantitative estimate of drug-likeness (QED) is 0.626. The molecule has 1 N–H and O–H groups in total. The van der Waals surface area contributed by atoms with Crippen LogP contribution in [0.2, 0.25) is 0 Å². The summed E-state index contributed by atoms with van der Waals surface area (Å²) in [6.07, 6.45) is 1.27. The van der Waals surface area contributed by atoms with Gasteiger partial charge >= 0.3 is 0 Å². The molecule has 33 heavy (non-hydrogen) atoms. The highest BCUT2D eigenvalue weighted by Crippen LogP contribution is 2.32. The topological polar surface area (TPSA) is 84.9 Å². The van der Waals surface area contributed by atoms with Crippen LogP contribution in [-0.4, -0.2) is 40.1 Å². The zero-order valence-electron chi connectivity index (χ0n) is 17.9. The Balaban J connectivity index is 1.30. The molecule has 0 saturated heterocycles. The molecule has 2 aliphatic rings. The van der Waals surface area contributed by atoms with Crippen LogP contribution in [-0.2, 0) is 16.4 Å². The number of anilines is 1. The van der Waals surface area contributed by atoms with Gasteiger partial charge in [-0.15, -0.1) is 0 Å². The van der Waals surface area contributed by atoms with Crippen molar-refractivity contribution in [2.75, 3.05) is 24.0 Å². The zero-order valence-corrected chi connectivity index (χ0v) is 18.8. The lowest BCUT2D eigenvalue weighted by molar-refractivity contribution is 0.0789. The highest BCUT2D eigenvalue weighted by molar-refractivity contribution is 7.92. The number of amides is 1. The Morgan fingerprint density at radius 1 is 1.00 bits per heavy atom. The Hall–Kier alpha value is -3.52. The van der Waals surface area contributed by atoms with Crippen molar-refractivity contribution in [2.45, 2.75) is 23.8 Å². The van der Waals surface area contributed by atoms with E-state index in [2.05, 4.69) is 5.32 Å². The molecule has 0 spiro atoms.